The first-order valence-corrected chi connectivity index (χ1v) is 12.0. The fourth-order valence-electron chi connectivity index (χ4n) is 3.36. The molecule has 1 rings (SSSR count). The number of unbranched alkanes of at least 4 members (excludes halogenated alkanes) is 13. The van der Waals surface area contributed by atoms with Gasteiger partial charge >= 0.3 is 5.97 Å². The first kappa shape index (κ1) is 31.3. The van der Waals surface area contributed by atoms with E-state index in [1.807, 2.05) is 0 Å². The Kier molecular flexibility index (Phi) is 22.3. The number of quaternary nitrogens is 1. The lowest BCUT2D eigenvalue weighted by atomic mass is 10.0. The molecule has 0 aromatic heterocycles. The maximum Gasteiger partial charge on any atom is 0.335 e. The number of hydrogen-bond acceptors (Lipinski definition) is 1. The normalized spacial score (nSPS) is 10.7. The van der Waals surface area contributed by atoms with Crippen molar-refractivity contribution in [3.63, 3.8) is 0 Å². The summed E-state index contributed by atoms with van der Waals surface area (Å²) in [5, 5.41) is 8.38. The minimum atomic E-state index is -0.879. The Morgan fingerprint density at radius 2 is 1.07 bits per heavy atom. The minimum absolute atomic E-state index is 0. The van der Waals surface area contributed by atoms with Gasteiger partial charge in [-0.15, -0.1) is 0 Å². The molecule has 0 aliphatic heterocycles. The number of carboxylic acid groups (broad SMARTS) is 1. The van der Waals surface area contributed by atoms with Gasteiger partial charge in [-0.3, -0.25) is 0 Å². The molecule has 0 aliphatic rings. The molecule has 0 atom stereocenters. The summed E-state index contributed by atoms with van der Waals surface area (Å²) in [4.78, 5) is 10.2. The average Bonchev–Trinajstić information content (AvgIpc) is 2.68. The molecule has 0 radical (unpaired) electrons. The molecule has 0 amide bonds. The topological polar surface area (TPSA) is 37.3 Å². The monoisotopic (exact) mass is 485 g/mol. The predicted octanol–water partition coefficient (Wildman–Crippen LogP) is 4.56. The van der Waals surface area contributed by atoms with E-state index in [0.717, 1.165) is 4.48 Å². The van der Waals surface area contributed by atoms with Crippen molar-refractivity contribution in [1.29, 1.82) is 0 Å². The van der Waals surface area contributed by atoms with Crippen molar-refractivity contribution in [1.82, 2.24) is 0 Å². The number of halogens is 1. The zero-order valence-electron chi connectivity index (χ0n) is 20.2. The van der Waals surface area contributed by atoms with E-state index in [1.165, 1.54) is 96.4 Å². The standard InChI is InChI=1S/C19H42N.C7H6O2.BrH/c1-5-6-7-8-9-10-11-12-13-14-15-16-17-18-19-20(2,3)4;8-7(9)6-4-2-1-3-5-6;/h5-19H2,1-4H3;1-5H,(H,8,9);1H/q+1;;/p-1. The number of nitrogens with zero attached hydrogens (tertiary/aromatic N) is 1. The molecule has 0 bridgehead atoms. The van der Waals surface area contributed by atoms with Gasteiger partial charge in [0.1, 0.15) is 0 Å². The predicted molar refractivity (Wildman–Crippen MR) is 127 cm³/mol. The van der Waals surface area contributed by atoms with Gasteiger partial charge in [-0.05, 0) is 25.0 Å². The molecular formula is C26H48BrNO2. The van der Waals surface area contributed by atoms with Gasteiger partial charge in [0.25, 0.3) is 0 Å². The third kappa shape index (κ3) is 23.4. The second-order valence-corrected chi connectivity index (χ2v) is 9.28. The Morgan fingerprint density at radius 3 is 1.37 bits per heavy atom. The second kappa shape index (κ2) is 21.4. The fraction of sp³-hybridized carbons (Fsp3) is 0.731. The van der Waals surface area contributed by atoms with Crippen LogP contribution in [0.15, 0.2) is 30.3 Å². The maximum atomic E-state index is 10.2. The summed E-state index contributed by atoms with van der Waals surface area (Å²) in [6, 6.07) is 8.30. The molecule has 30 heavy (non-hydrogen) atoms. The summed E-state index contributed by atoms with van der Waals surface area (Å²) in [6.45, 7) is 3.63. The zero-order chi connectivity index (χ0) is 21.8. The van der Waals surface area contributed by atoms with Crippen LogP contribution in [0.4, 0.5) is 0 Å². The van der Waals surface area contributed by atoms with Crippen LogP contribution in [0, 0.1) is 0 Å². The number of aromatic carboxylic acids is 1. The first-order chi connectivity index (χ1) is 13.9. The SMILES string of the molecule is CCCCCCCCCCCCCCCC[N+](C)(C)C.O=C(O)c1ccccc1.[Br-]. The highest BCUT2D eigenvalue weighted by atomic mass is 79.9. The highest BCUT2D eigenvalue weighted by Gasteiger charge is 2.04. The van der Waals surface area contributed by atoms with Crippen LogP contribution in [-0.4, -0.2) is 43.2 Å². The molecule has 1 N–H and O–H groups in total. The molecule has 0 spiro atoms. The van der Waals surface area contributed by atoms with E-state index in [-0.39, 0.29) is 17.0 Å². The third-order valence-electron chi connectivity index (χ3n) is 5.20. The van der Waals surface area contributed by atoms with Crippen molar-refractivity contribution in [2.45, 2.75) is 96.8 Å². The number of rotatable bonds is 16. The van der Waals surface area contributed by atoms with Crippen LogP contribution >= 0.6 is 0 Å². The highest BCUT2D eigenvalue weighted by molar-refractivity contribution is 5.87. The molecular weight excluding hydrogens is 438 g/mol. The number of carbonyl (C=O) groups is 1. The molecule has 3 nitrogen and oxygen atoms in total. The fourth-order valence-corrected chi connectivity index (χ4v) is 3.36. The first-order valence-electron chi connectivity index (χ1n) is 12.0. The van der Waals surface area contributed by atoms with Gasteiger partial charge in [0, 0.05) is 0 Å². The molecule has 0 fully saturated rings. The molecule has 4 heteroatoms. The van der Waals surface area contributed by atoms with Crippen molar-refractivity contribution in [2.75, 3.05) is 27.7 Å². The van der Waals surface area contributed by atoms with Gasteiger partial charge in [0.15, 0.2) is 0 Å². The second-order valence-electron chi connectivity index (χ2n) is 9.28. The van der Waals surface area contributed by atoms with Crippen LogP contribution in [-0.2, 0) is 0 Å². The van der Waals surface area contributed by atoms with Gasteiger partial charge in [-0.1, -0.05) is 102 Å². The van der Waals surface area contributed by atoms with Gasteiger partial charge in [-0.2, -0.15) is 0 Å². The van der Waals surface area contributed by atoms with Gasteiger partial charge in [0.05, 0.1) is 33.3 Å². The number of hydrogen-bond donors (Lipinski definition) is 1. The van der Waals surface area contributed by atoms with Crippen LogP contribution < -0.4 is 17.0 Å². The van der Waals surface area contributed by atoms with Crippen LogP contribution in [0.1, 0.15) is 107 Å². The molecule has 0 aliphatic carbocycles. The lowest BCUT2D eigenvalue weighted by Crippen LogP contribution is -3.00. The molecule has 1 aromatic rings. The van der Waals surface area contributed by atoms with Crippen molar-refractivity contribution in [3.05, 3.63) is 35.9 Å². The Morgan fingerprint density at radius 1 is 0.700 bits per heavy atom. The maximum absolute atomic E-state index is 10.2. The Hall–Kier alpha value is -0.870. The van der Waals surface area contributed by atoms with Crippen molar-refractivity contribution >= 4 is 5.97 Å². The van der Waals surface area contributed by atoms with Gasteiger partial charge in [-0.25, -0.2) is 4.79 Å². The van der Waals surface area contributed by atoms with E-state index in [9.17, 15) is 4.79 Å². The van der Waals surface area contributed by atoms with E-state index in [0.29, 0.717) is 5.56 Å². The lowest BCUT2D eigenvalue weighted by Gasteiger charge is -2.23. The summed E-state index contributed by atoms with van der Waals surface area (Å²) < 4.78 is 1.12. The molecule has 176 valence electrons. The molecule has 0 heterocycles. The van der Waals surface area contributed by atoms with Crippen molar-refractivity contribution in [2.24, 2.45) is 0 Å². The highest BCUT2D eigenvalue weighted by Crippen LogP contribution is 2.13. The number of carboxylic acids is 1. The van der Waals surface area contributed by atoms with E-state index in [1.54, 1.807) is 30.3 Å². The summed E-state index contributed by atoms with van der Waals surface area (Å²) >= 11 is 0. The Bertz CT molecular complexity index is 486. The van der Waals surface area contributed by atoms with Crippen LogP contribution in [0.3, 0.4) is 0 Å². The minimum Gasteiger partial charge on any atom is -1.00 e. The quantitative estimate of drug-likeness (QED) is 0.275. The van der Waals surface area contributed by atoms with Crippen molar-refractivity contribution in [3.8, 4) is 0 Å². The molecule has 0 saturated heterocycles. The van der Waals surface area contributed by atoms with Gasteiger partial charge in [0.2, 0.25) is 0 Å². The average molecular weight is 487 g/mol. The van der Waals surface area contributed by atoms with E-state index in [4.69, 9.17) is 5.11 Å². The van der Waals surface area contributed by atoms with E-state index < -0.39 is 5.97 Å². The summed E-state index contributed by atoms with van der Waals surface area (Å²) in [6.07, 6.45) is 20.4. The smallest absolute Gasteiger partial charge is 0.335 e. The third-order valence-corrected chi connectivity index (χ3v) is 5.20. The zero-order valence-corrected chi connectivity index (χ0v) is 21.8. The van der Waals surface area contributed by atoms with Crippen LogP contribution in [0.5, 0.6) is 0 Å². The largest absolute Gasteiger partial charge is 1.00 e. The number of benzene rings is 1. The Balaban J connectivity index is 0. The van der Waals surface area contributed by atoms with Crippen LogP contribution in [0.25, 0.3) is 0 Å². The van der Waals surface area contributed by atoms with E-state index >= 15 is 0 Å². The summed E-state index contributed by atoms with van der Waals surface area (Å²) in [5.74, 6) is -0.879. The molecule has 0 unspecified atom stereocenters. The van der Waals surface area contributed by atoms with Gasteiger partial charge < -0.3 is 26.6 Å². The Labute approximate surface area is 197 Å². The lowest BCUT2D eigenvalue weighted by molar-refractivity contribution is -0.870. The molecule has 0 saturated carbocycles. The molecule has 1 aromatic carbocycles. The van der Waals surface area contributed by atoms with Crippen molar-refractivity contribution < 1.29 is 31.4 Å². The summed E-state index contributed by atoms with van der Waals surface area (Å²) in [5.41, 5.74) is 0.331. The van der Waals surface area contributed by atoms with E-state index in [2.05, 4.69) is 28.1 Å². The summed E-state index contributed by atoms with van der Waals surface area (Å²) in [7, 11) is 6.88. The van der Waals surface area contributed by atoms with Crippen LogP contribution in [0.2, 0.25) is 0 Å².